The second kappa shape index (κ2) is 9.74. The van der Waals surface area contributed by atoms with Gasteiger partial charge in [0.15, 0.2) is 5.96 Å². The van der Waals surface area contributed by atoms with Crippen LogP contribution in [0.2, 0.25) is 0 Å². The molecule has 3 N–H and O–H groups in total. The molecule has 0 saturated carbocycles. The number of methoxy groups -OCH3 is 1. The number of anilines is 1. The van der Waals surface area contributed by atoms with Crippen molar-refractivity contribution in [2.75, 3.05) is 33.1 Å². The largest absolute Gasteiger partial charge is 0.497 e. The number of likely N-dealkylation sites (N-methyl/N-ethyl adjacent to an activating group) is 1. The van der Waals surface area contributed by atoms with E-state index in [1.54, 1.807) is 18.4 Å². The Bertz CT molecular complexity index is 599. The number of ether oxygens (including phenoxy) is 1. The van der Waals surface area contributed by atoms with E-state index in [1.807, 2.05) is 38.4 Å². The van der Waals surface area contributed by atoms with Crippen molar-refractivity contribution in [2.24, 2.45) is 10.7 Å². The van der Waals surface area contributed by atoms with Crippen LogP contribution in [0, 0.1) is 0 Å². The van der Waals surface area contributed by atoms with E-state index in [2.05, 4.69) is 32.7 Å². The summed E-state index contributed by atoms with van der Waals surface area (Å²) in [4.78, 5) is 7.89. The van der Waals surface area contributed by atoms with Gasteiger partial charge in [0.1, 0.15) is 5.75 Å². The molecule has 0 aliphatic rings. The number of nitrogens with two attached hydrogens (primary N) is 1. The van der Waals surface area contributed by atoms with Crippen LogP contribution < -0.4 is 15.8 Å². The molecule has 2 rings (SSSR count). The molecule has 0 bridgehead atoms. The summed E-state index contributed by atoms with van der Waals surface area (Å²) < 4.78 is 5.13. The van der Waals surface area contributed by atoms with E-state index in [-0.39, 0.29) is 30.0 Å². The maximum absolute atomic E-state index is 5.97. The molecule has 0 radical (unpaired) electrons. The molecule has 1 aromatic carbocycles. The van der Waals surface area contributed by atoms with Gasteiger partial charge < -0.3 is 20.7 Å². The van der Waals surface area contributed by atoms with Gasteiger partial charge in [0.05, 0.1) is 19.7 Å². The Morgan fingerprint density at radius 2 is 2.00 bits per heavy atom. The molecule has 0 aliphatic heterocycles. The monoisotopic (exact) mass is 446 g/mol. The highest BCUT2D eigenvalue weighted by Crippen LogP contribution is 2.23. The maximum Gasteiger partial charge on any atom is 0.193 e. The number of nitrogens with one attached hydrogen (secondary N) is 1. The van der Waals surface area contributed by atoms with Crippen molar-refractivity contribution in [1.82, 2.24) is 4.90 Å². The third-order valence-electron chi connectivity index (χ3n) is 3.29. The van der Waals surface area contributed by atoms with Gasteiger partial charge in [-0.25, -0.2) is 0 Å². The van der Waals surface area contributed by atoms with Crippen LogP contribution in [0.3, 0.4) is 0 Å². The second-order valence-corrected chi connectivity index (χ2v) is 6.05. The normalized spacial score (nSPS) is 12.6. The average Bonchev–Trinajstić information content (AvgIpc) is 3.02. The van der Waals surface area contributed by atoms with Crippen molar-refractivity contribution in [3.63, 3.8) is 0 Å². The molecule has 0 amide bonds. The maximum atomic E-state index is 5.97. The zero-order valence-corrected chi connectivity index (χ0v) is 16.7. The van der Waals surface area contributed by atoms with Gasteiger partial charge in [0.25, 0.3) is 0 Å². The summed E-state index contributed by atoms with van der Waals surface area (Å²) in [6, 6.07) is 12.0. The third kappa shape index (κ3) is 6.00. The average molecular weight is 446 g/mol. The number of hydrogen-bond acceptors (Lipinski definition) is 4. The van der Waals surface area contributed by atoms with Crippen molar-refractivity contribution in [2.45, 2.75) is 6.04 Å². The van der Waals surface area contributed by atoms with Gasteiger partial charge in [-0.05, 0) is 49.8 Å². The van der Waals surface area contributed by atoms with Gasteiger partial charge in [-0.1, -0.05) is 6.07 Å². The number of hydrogen-bond donors (Lipinski definition) is 2. The first-order valence-corrected chi connectivity index (χ1v) is 7.89. The number of nitrogens with zero attached hydrogens (tertiary/aromatic N) is 2. The fraction of sp³-hybridized carbons (Fsp3) is 0.312. The lowest BCUT2D eigenvalue weighted by Gasteiger charge is -2.21. The smallest absolute Gasteiger partial charge is 0.193 e. The molecule has 1 unspecified atom stereocenters. The molecule has 7 heteroatoms. The van der Waals surface area contributed by atoms with Crippen LogP contribution in [0.25, 0.3) is 0 Å². The Morgan fingerprint density at radius 1 is 1.30 bits per heavy atom. The van der Waals surface area contributed by atoms with Crippen LogP contribution in [0.1, 0.15) is 10.9 Å². The fourth-order valence-electron chi connectivity index (χ4n) is 2.04. The third-order valence-corrected chi connectivity index (χ3v) is 4.27. The van der Waals surface area contributed by atoms with Gasteiger partial charge in [-0.2, -0.15) is 0 Å². The predicted molar refractivity (Wildman–Crippen MR) is 109 cm³/mol. The number of rotatable bonds is 6. The van der Waals surface area contributed by atoms with Crippen LogP contribution in [0.5, 0.6) is 5.75 Å². The lowest BCUT2D eigenvalue weighted by Crippen LogP contribution is -2.26. The number of halogens is 1. The van der Waals surface area contributed by atoms with Gasteiger partial charge >= 0.3 is 0 Å². The highest BCUT2D eigenvalue weighted by molar-refractivity contribution is 14.0. The minimum Gasteiger partial charge on any atom is -0.497 e. The molecular formula is C16H23IN4OS. The van der Waals surface area contributed by atoms with E-state index in [0.29, 0.717) is 12.5 Å². The van der Waals surface area contributed by atoms with Crippen molar-refractivity contribution < 1.29 is 4.74 Å². The quantitative estimate of drug-likeness (QED) is 0.406. The van der Waals surface area contributed by atoms with Crippen LogP contribution >= 0.6 is 35.3 Å². The molecule has 0 saturated heterocycles. The Kier molecular flexibility index (Phi) is 8.35. The first-order valence-electron chi connectivity index (χ1n) is 7.01. The minimum atomic E-state index is 0. The van der Waals surface area contributed by atoms with Crippen molar-refractivity contribution in [3.8, 4) is 5.75 Å². The predicted octanol–water partition coefficient (Wildman–Crippen LogP) is 3.40. The topological polar surface area (TPSA) is 62.9 Å². The zero-order valence-electron chi connectivity index (χ0n) is 13.5. The Morgan fingerprint density at radius 3 is 2.52 bits per heavy atom. The molecule has 0 aliphatic carbocycles. The minimum absolute atomic E-state index is 0. The molecule has 1 aromatic heterocycles. The van der Waals surface area contributed by atoms with E-state index in [0.717, 1.165) is 11.4 Å². The first kappa shape index (κ1) is 19.7. The summed E-state index contributed by atoms with van der Waals surface area (Å²) in [7, 11) is 5.74. The molecule has 23 heavy (non-hydrogen) atoms. The Hall–Kier alpha value is -1.32. The SMILES string of the molecule is COc1ccc(NC(N)=NCC(c2cccs2)N(C)C)cc1.I. The molecule has 1 atom stereocenters. The van der Waals surface area contributed by atoms with Gasteiger partial charge in [-0.15, -0.1) is 35.3 Å². The molecular weight excluding hydrogens is 423 g/mol. The van der Waals surface area contributed by atoms with Crippen LogP contribution in [0.4, 0.5) is 5.69 Å². The van der Waals surface area contributed by atoms with Gasteiger partial charge in [0.2, 0.25) is 0 Å². The zero-order chi connectivity index (χ0) is 15.9. The number of benzene rings is 1. The van der Waals surface area contributed by atoms with E-state index in [1.165, 1.54) is 4.88 Å². The lowest BCUT2D eigenvalue weighted by molar-refractivity contribution is 0.311. The number of thiophene rings is 1. The van der Waals surface area contributed by atoms with Crippen molar-refractivity contribution in [1.29, 1.82) is 0 Å². The van der Waals surface area contributed by atoms with Crippen LogP contribution in [0.15, 0.2) is 46.8 Å². The van der Waals surface area contributed by atoms with Crippen LogP contribution in [-0.4, -0.2) is 38.6 Å². The number of guanidine groups is 1. The van der Waals surface area contributed by atoms with E-state index in [9.17, 15) is 0 Å². The molecule has 0 fully saturated rings. The Labute approximate surface area is 158 Å². The summed E-state index contributed by atoms with van der Waals surface area (Å²) >= 11 is 1.73. The molecule has 5 nitrogen and oxygen atoms in total. The van der Waals surface area contributed by atoms with Crippen molar-refractivity contribution in [3.05, 3.63) is 46.7 Å². The van der Waals surface area contributed by atoms with Gasteiger partial charge in [-0.3, -0.25) is 4.99 Å². The molecule has 126 valence electrons. The highest BCUT2D eigenvalue weighted by atomic mass is 127. The molecule has 2 aromatic rings. The summed E-state index contributed by atoms with van der Waals surface area (Å²) in [5.41, 5.74) is 6.86. The summed E-state index contributed by atoms with van der Waals surface area (Å²) in [6.45, 7) is 0.614. The molecule has 1 heterocycles. The summed E-state index contributed by atoms with van der Waals surface area (Å²) in [5, 5.41) is 5.17. The first-order chi connectivity index (χ1) is 10.6. The van der Waals surface area contributed by atoms with E-state index < -0.39 is 0 Å². The summed E-state index contributed by atoms with van der Waals surface area (Å²) in [6.07, 6.45) is 0. The molecule has 0 spiro atoms. The standard InChI is InChI=1S/C16H22N4OS.HI/c1-20(2)14(15-5-4-10-22-15)11-18-16(17)19-12-6-8-13(21-3)9-7-12;/h4-10,14H,11H2,1-3H3,(H3,17,18,19);1H. The van der Waals surface area contributed by atoms with Gasteiger partial charge in [0, 0.05) is 10.6 Å². The van der Waals surface area contributed by atoms with E-state index >= 15 is 0 Å². The van der Waals surface area contributed by atoms with Crippen molar-refractivity contribution >= 4 is 47.0 Å². The van der Waals surface area contributed by atoms with Crippen LogP contribution in [-0.2, 0) is 0 Å². The highest BCUT2D eigenvalue weighted by Gasteiger charge is 2.14. The Balaban J connectivity index is 0.00000264. The lowest BCUT2D eigenvalue weighted by atomic mass is 10.2. The number of aliphatic imine (C=N–C) groups is 1. The fourth-order valence-corrected chi connectivity index (χ4v) is 2.95. The second-order valence-electron chi connectivity index (χ2n) is 5.07. The van der Waals surface area contributed by atoms with E-state index in [4.69, 9.17) is 10.5 Å². The summed E-state index contributed by atoms with van der Waals surface area (Å²) in [5.74, 6) is 1.22.